The van der Waals surface area contributed by atoms with Crippen LogP contribution in [0.5, 0.6) is 0 Å². The van der Waals surface area contributed by atoms with Gasteiger partial charge in [-0.2, -0.15) is 0 Å². The van der Waals surface area contributed by atoms with Gasteiger partial charge in [-0.05, 0) is 55.1 Å². The Hall–Kier alpha value is -1.93. The van der Waals surface area contributed by atoms with E-state index < -0.39 is 0 Å². The second-order valence-electron chi connectivity index (χ2n) is 6.56. The molecular formula is C19H24N4O2S2. The van der Waals surface area contributed by atoms with Crippen LogP contribution in [0.1, 0.15) is 45.5 Å². The van der Waals surface area contributed by atoms with Gasteiger partial charge >= 0.3 is 0 Å². The molecule has 6 nitrogen and oxygen atoms in total. The minimum absolute atomic E-state index is 0.0172. The lowest BCUT2D eigenvalue weighted by molar-refractivity contribution is 0.0688. The van der Waals surface area contributed by atoms with Crippen molar-refractivity contribution in [1.82, 2.24) is 19.8 Å². The van der Waals surface area contributed by atoms with E-state index in [4.69, 9.17) is 0 Å². The van der Waals surface area contributed by atoms with Crippen molar-refractivity contribution in [2.45, 2.75) is 31.6 Å². The topological polar surface area (TPSA) is 75.2 Å². The van der Waals surface area contributed by atoms with E-state index in [1.54, 1.807) is 11.8 Å². The molecule has 0 saturated carbocycles. The van der Waals surface area contributed by atoms with E-state index in [1.165, 1.54) is 0 Å². The molecular weight excluding hydrogens is 380 g/mol. The van der Waals surface area contributed by atoms with Gasteiger partial charge in [0.05, 0.1) is 11.3 Å². The molecule has 0 radical (unpaired) electrons. The first kappa shape index (κ1) is 19.8. The number of hydrogen-bond donors (Lipinski definition) is 1. The van der Waals surface area contributed by atoms with Crippen molar-refractivity contribution < 1.29 is 9.59 Å². The molecule has 2 aromatic rings. The molecule has 0 aliphatic carbocycles. The molecule has 0 bridgehead atoms. The molecule has 1 fully saturated rings. The highest BCUT2D eigenvalue weighted by molar-refractivity contribution is 7.99. The highest BCUT2D eigenvalue weighted by Crippen LogP contribution is 2.23. The second kappa shape index (κ2) is 9.32. The predicted octanol–water partition coefficient (Wildman–Crippen LogP) is 3.24. The average molecular weight is 405 g/mol. The van der Waals surface area contributed by atoms with Crippen LogP contribution in [0, 0.1) is 12.8 Å². The van der Waals surface area contributed by atoms with Crippen molar-refractivity contribution >= 4 is 35.1 Å². The number of benzene rings is 1. The molecule has 1 saturated heterocycles. The zero-order valence-electron chi connectivity index (χ0n) is 15.6. The normalized spacial score (nSPS) is 15.0. The lowest BCUT2D eigenvalue weighted by Crippen LogP contribution is -2.41. The minimum Gasteiger partial charge on any atom is -0.352 e. The Balaban J connectivity index is 1.49. The summed E-state index contributed by atoms with van der Waals surface area (Å²) < 4.78 is 3.85. The van der Waals surface area contributed by atoms with Crippen LogP contribution in [0.4, 0.5) is 0 Å². The largest absolute Gasteiger partial charge is 0.352 e. The molecule has 1 aromatic heterocycles. The Labute approximate surface area is 167 Å². The van der Waals surface area contributed by atoms with Crippen LogP contribution in [0.2, 0.25) is 0 Å². The molecule has 0 atom stereocenters. The van der Waals surface area contributed by atoms with E-state index in [-0.39, 0.29) is 11.8 Å². The maximum Gasteiger partial charge on any atom is 0.267 e. The monoisotopic (exact) mass is 404 g/mol. The van der Waals surface area contributed by atoms with Crippen molar-refractivity contribution in [1.29, 1.82) is 0 Å². The Bertz CT molecular complexity index is 801. The first-order valence-corrected chi connectivity index (χ1v) is 10.9. The molecule has 27 heavy (non-hydrogen) atoms. The number of carbonyl (C=O) groups is 2. The van der Waals surface area contributed by atoms with Gasteiger partial charge in [-0.1, -0.05) is 23.5 Å². The lowest BCUT2D eigenvalue weighted by atomic mass is 9.96. The van der Waals surface area contributed by atoms with Gasteiger partial charge in [-0.3, -0.25) is 9.59 Å². The van der Waals surface area contributed by atoms with E-state index in [9.17, 15) is 9.59 Å². The molecule has 0 unspecified atom stereocenters. The fourth-order valence-electron chi connectivity index (χ4n) is 3.18. The van der Waals surface area contributed by atoms with Gasteiger partial charge in [0.25, 0.3) is 11.8 Å². The van der Waals surface area contributed by atoms with Crippen LogP contribution in [0.3, 0.4) is 0 Å². The molecule has 144 valence electrons. The summed E-state index contributed by atoms with van der Waals surface area (Å²) in [4.78, 5) is 28.6. The standard InChI is InChI=1S/C19H24N4O2S2/c1-3-26-16-7-5-4-6-15(16)18(24)20-12-14-8-10-23(11-9-14)19(25)17-13(2)21-22-27-17/h4-7,14H,3,8-12H2,1-2H3,(H,20,24). The van der Waals surface area contributed by atoms with Gasteiger partial charge in [0.2, 0.25) is 0 Å². The highest BCUT2D eigenvalue weighted by Gasteiger charge is 2.26. The fraction of sp³-hybridized carbons (Fsp3) is 0.474. The van der Waals surface area contributed by atoms with Crippen molar-refractivity contribution in [3.05, 3.63) is 40.4 Å². The average Bonchev–Trinajstić information content (AvgIpc) is 3.12. The van der Waals surface area contributed by atoms with Crippen molar-refractivity contribution in [3.63, 3.8) is 0 Å². The Morgan fingerprint density at radius 1 is 1.30 bits per heavy atom. The van der Waals surface area contributed by atoms with E-state index in [0.29, 0.717) is 36.1 Å². The molecule has 2 amide bonds. The fourth-order valence-corrected chi connectivity index (χ4v) is 4.61. The molecule has 0 spiro atoms. The Morgan fingerprint density at radius 2 is 2.04 bits per heavy atom. The molecule has 1 aliphatic rings. The van der Waals surface area contributed by atoms with Crippen molar-refractivity contribution in [2.24, 2.45) is 5.92 Å². The number of thioether (sulfide) groups is 1. The van der Waals surface area contributed by atoms with E-state index >= 15 is 0 Å². The van der Waals surface area contributed by atoms with Gasteiger partial charge in [0, 0.05) is 24.5 Å². The maximum atomic E-state index is 12.5. The number of nitrogens with zero attached hydrogens (tertiary/aromatic N) is 3. The van der Waals surface area contributed by atoms with Gasteiger partial charge in [-0.15, -0.1) is 16.9 Å². The summed E-state index contributed by atoms with van der Waals surface area (Å²) in [7, 11) is 0. The summed E-state index contributed by atoms with van der Waals surface area (Å²) in [5.41, 5.74) is 1.44. The summed E-state index contributed by atoms with van der Waals surface area (Å²) in [5.74, 6) is 1.34. The highest BCUT2D eigenvalue weighted by atomic mass is 32.2. The SMILES string of the molecule is CCSc1ccccc1C(=O)NCC1CCN(C(=O)c2snnc2C)CC1. The number of aromatic nitrogens is 2. The summed E-state index contributed by atoms with van der Waals surface area (Å²) in [6.45, 7) is 5.96. The number of aryl methyl sites for hydroxylation is 1. The first-order chi connectivity index (χ1) is 13.1. The smallest absolute Gasteiger partial charge is 0.267 e. The van der Waals surface area contributed by atoms with Gasteiger partial charge < -0.3 is 10.2 Å². The van der Waals surface area contributed by atoms with E-state index in [1.807, 2.05) is 36.1 Å². The third kappa shape index (κ3) is 4.87. The van der Waals surface area contributed by atoms with Crippen LogP contribution in [0.25, 0.3) is 0 Å². The molecule has 1 aromatic carbocycles. The molecule has 1 aliphatic heterocycles. The third-order valence-electron chi connectivity index (χ3n) is 4.73. The molecule has 8 heteroatoms. The quantitative estimate of drug-likeness (QED) is 0.748. The van der Waals surface area contributed by atoms with E-state index in [2.05, 4.69) is 21.8 Å². The molecule has 1 N–H and O–H groups in total. The number of rotatable bonds is 6. The Morgan fingerprint density at radius 3 is 2.70 bits per heavy atom. The van der Waals surface area contributed by atoms with Gasteiger partial charge in [0.1, 0.15) is 4.88 Å². The van der Waals surface area contributed by atoms with Crippen LogP contribution in [-0.2, 0) is 0 Å². The number of nitrogens with one attached hydrogen (secondary N) is 1. The zero-order valence-corrected chi connectivity index (χ0v) is 17.2. The first-order valence-electron chi connectivity index (χ1n) is 9.18. The number of carbonyl (C=O) groups excluding carboxylic acids is 2. The van der Waals surface area contributed by atoms with Crippen LogP contribution < -0.4 is 5.32 Å². The summed E-state index contributed by atoms with van der Waals surface area (Å²) in [6.07, 6.45) is 1.78. The number of hydrogen-bond acceptors (Lipinski definition) is 6. The van der Waals surface area contributed by atoms with Crippen LogP contribution in [-0.4, -0.2) is 51.7 Å². The summed E-state index contributed by atoms with van der Waals surface area (Å²) in [6, 6.07) is 7.72. The van der Waals surface area contributed by atoms with Crippen LogP contribution >= 0.6 is 23.3 Å². The van der Waals surface area contributed by atoms with Crippen molar-refractivity contribution in [2.75, 3.05) is 25.4 Å². The Kier molecular flexibility index (Phi) is 6.84. The molecule has 3 rings (SSSR count). The lowest BCUT2D eigenvalue weighted by Gasteiger charge is -2.31. The third-order valence-corrected chi connectivity index (χ3v) is 6.50. The summed E-state index contributed by atoms with van der Waals surface area (Å²) >= 11 is 2.84. The zero-order chi connectivity index (χ0) is 19.2. The van der Waals surface area contributed by atoms with Gasteiger partial charge in [-0.25, -0.2) is 0 Å². The second-order valence-corrected chi connectivity index (χ2v) is 8.62. The maximum absolute atomic E-state index is 12.5. The number of piperidine rings is 1. The molecule has 2 heterocycles. The number of likely N-dealkylation sites (tertiary alicyclic amines) is 1. The minimum atomic E-state index is -0.0172. The number of amides is 2. The van der Waals surface area contributed by atoms with E-state index in [0.717, 1.165) is 40.6 Å². The predicted molar refractivity (Wildman–Crippen MR) is 108 cm³/mol. The van der Waals surface area contributed by atoms with Gasteiger partial charge in [0.15, 0.2) is 0 Å². The van der Waals surface area contributed by atoms with Crippen molar-refractivity contribution in [3.8, 4) is 0 Å². The summed E-state index contributed by atoms with van der Waals surface area (Å²) in [5, 5.41) is 6.99. The van der Waals surface area contributed by atoms with Crippen LogP contribution in [0.15, 0.2) is 29.2 Å².